The number of hydrogen-bond acceptors (Lipinski definition) is 3. The van der Waals surface area contributed by atoms with Gasteiger partial charge in [0.25, 0.3) is 5.69 Å². The van der Waals surface area contributed by atoms with E-state index in [4.69, 9.17) is 5.73 Å². The van der Waals surface area contributed by atoms with E-state index in [9.17, 15) is 10.1 Å². The Morgan fingerprint density at radius 2 is 2.20 bits per heavy atom. The fraction of sp³-hybridized carbons (Fsp3) is 0.333. The first kappa shape index (κ1) is 14.8. The van der Waals surface area contributed by atoms with Crippen LogP contribution in [0.3, 0.4) is 0 Å². The third-order valence-corrected chi connectivity index (χ3v) is 1.87. The Kier molecular flexibility index (Phi) is 7.07. The van der Waals surface area contributed by atoms with Gasteiger partial charge in [0.15, 0.2) is 0 Å². The summed E-state index contributed by atoms with van der Waals surface area (Å²) in [6, 6.07) is 4.66. The fourth-order valence-electron chi connectivity index (χ4n) is 1.11. The zero-order chi connectivity index (χ0) is 10.6. The number of nitro benzene ring substituents is 1. The number of non-ortho nitro benzene ring substituents is 1. The standard InChI is InChI=1S/C9H12N3O2.Ac/c1-7-2-3-8(12(13)14)6-9(7)11-5-4-10;/h2-3,6,10-11H,4-5H2,1H3;/q-1;. The Hall–Kier alpha value is -0.178. The Labute approximate surface area is 124 Å². The van der Waals surface area contributed by atoms with Crippen LogP contribution in [0.2, 0.25) is 0 Å². The summed E-state index contributed by atoms with van der Waals surface area (Å²) in [6.07, 6.45) is 0. The smallest absolute Gasteiger partial charge is 0.271 e. The van der Waals surface area contributed by atoms with Gasteiger partial charge >= 0.3 is 0 Å². The van der Waals surface area contributed by atoms with Crippen molar-refractivity contribution in [1.82, 2.24) is 0 Å². The number of nitrogens with one attached hydrogen (secondary N) is 2. The molecule has 79 valence electrons. The average Bonchev–Trinajstić information content (AvgIpc) is 2.16. The molecule has 0 bridgehead atoms. The molecule has 6 heteroatoms. The van der Waals surface area contributed by atoms with E-state index in [0.29, 0.717) is 6.54 Å². The first-order valence-electron chi connectivity index (χ1n) is 4.28. The zero-order valence-electron chi connectivity index (χ0n) is 8.49. The van der Waals surface area contributed by atoms with Crippen LogP contribution in [0, 0.1) is 61.1 Å². The topological polar surface area (TPSA) is 79.0 Å². The molecule has 1 aromatic rings. The van der Waals surface area contributed by atoms with E-state index in [0.717, 1.165) is 11.3 Å². The number of nitro groups is 1. The third-order valence-electron chi connectivity index (χ3n) is 1.87. The molecule has 0 aromatic heterocycles. The van der Waals surface area contributed by atoms with E-state index in [-0.39, 0.29) is 56.3 Å². The van der Waals surface area contributed by atoms with Gasteiger partial charge in [0.2, 0.25) is 0 Å². The van der Waals surface area contributed by atoms with Crippen LogP contribution in [0.4, 0.5) is 11.4 Å². The van der Waals surface area contributed by atoms with Crippen LogP contribution < -0.4 is 5.32 Å². The maximum Gasteiger partial charge on any atom is 0.271 e. The van der Waals surface area contributed by atoms with Crippen molar-refractivity contribution in [2.45, 2.75) is 6.92 Å². The summed E-state index contributed by atoms with van der Waals surface area (Å²) in [5.74, 6) is 0. The van der Waals surface area contributed by atoms with Gasteiger partial charge in [-0.05, 0) is 19.0 Å². The van der Waals surface area contributed by atoms with E-state index in [1.165, 1.54) is 12.1 Å². The van der Waals surface area contributed by atoms with Crippen LogP contribution >= 0.6 is 0 Å². The van der Waals surface area contributed by atoms with E-state index >= 15 is 0 Å². The summed E-state index contributed by atoms with van der Waals surface area (Å²) in [4.78, 5) is 10.1. The van der Waals surface area contributed by atoms with Crippen molar-refractivity contribution < 1.29 is 49.0 Å². The predicted octanol–water partition coefficient (Wildman–Crippen LogP) is 2.37. The molecule has 5 nitrogen and oxygen atoms in total. The molecule has 1 aromatic carbocycles. The normalized spacial score (nSPS) is 9.20. The van der Waals surface area contributed by atoms with Gasteiger partial charge < -0.3 is 11.1 Å². The Balaban J connectivity index is 0.00000196. The molecule has 0 unspecified atom stereocenters. The monoisotopic (exact) mass is 421 g/mol. The van der Waals surface area contributed by atoms with Crippen molar-refractivity contribution in [2.24, 2.45) is 0 Å². The van der Waals surface area contributed by atoms with Gasteiger partial charge in [-0.15, -0.1) is 6.54 Å². The number of benzene rings is 1. The van der Waals surface area contributed by atoms with Gasteiger partial charge in [-0.1, -0.05) is 6.07 Å². The van der Waals surface area contributed by atoms with E-state index < -0.39 is 4.92 Å². The van der Waals surface area contributed by atoms with Crippen molar-refractivity contribution in [2.75, 3.05) is 18.4 Å². The first-order chi connectivity index (χ1) is 6.65. The summed E-state index contributed by atoms with van der Waals surface area (Å²) < 4.78 is 0. The molecule has 1 radical (unpaired) electrons. The van der Waals surface area contributed by atoms with E-state index in [1.807, 2.05) is 6.92 Å². The van der Waals surface area contributed by atoms with E-state index in [2.05, 4.69) is 5.32 Å². The average molecular weight is 421 g/mol. The molecule has 0 spiro atoms. The molecule has 0 heterocycles. The molecule has 0 fully saturated rings. The van der Waals surface area contributed by atoms with Gasteiger partial charge in [0.1, 0.15) is 0 Å². The second kappa shape index (κ2) is 7.15. The van der Waals surface area contributed by atoms with Crippen molar-refractivity contribution in [1.29, 1.82) is 0 Å². The first-order valence-corrected chi connectivity index (χ1v) is 4.28. The number of nitrogens with zero attached hydrogens (tertiary/aromatic N) is 1. The quantitative estimate of drug-likeness (QED) is 0.599. The van der Waals surface area contributed by atoms with Crippen LogP contribution in [0.5, 0.6) is 0 Å². The minimum Gasteiger partial charge on any atom is -0.676 e. The molecule has 0 aliphatic heterocycles. The van der Waals surface area contributed by atoms with Crippen molar-refractivity contribution >= 4 is 11.4 Å². The van der Waals surface area contributed by atoms with Gasteiger partial charge in [0.05, 0.1) is 4.92 Å². The number of hydrogen-bond donors (Lipinski definition) is 1. The molecule has 0 saturated heterocycles. The van der Waals surface area contributed by atoms with Gasteiger partial charge in [-0.2, -0.15) is 0 Å². The molecule has 0 saturated carbocycles. The Morgan fingerprint density at radius 3 is 2.73 bits per heavy atom. The second-order valence-corrected chi connectivity index (χ2v) is 2.93. The molecule has 0 amide bonds. The van der Waals surface area contributed by atoms with Gasteiger partial charge in [-0.3, -0.25) is 10.1 Å². The number of anilines is 1. The summed E-state index contributed by atoms with van der Waals surface area (Å²) in [6.45, 7) is 2.63. The second-order valence-electron chi connectivity index (χ2n) is 2.93. The Morgan fingerprint density at radius 1 is 1.53 bits per heavy atom. The molecular weight excluding hydrogens is 409 g/mol. The molecule has 1 rings (SSSR count). The van der Waals surface area contributed by atoms with Crippen molar-refractivity contribution in [3.63, 3.8) is 0 Å². The SMILES string of the molecule is Cc1ccc([N+](=O)[O-])cc1NCC[NH-].[Ac]. The molecule has 0 atom stereocenters. The maximum absolute atomic E-state index is 10.5. The fourth-order valence-corrected chi connectivity index (χ4v) is 1.11. The van der Waals surface area contributed by atoms with Crippen LogP contribution in [-0.2, 0) is 0 Å². The zero-order valence-corrected chi connectivity index (χ0v) is 13.2. The van der Waals surface area contributed by atoms with Crippen molar-refractivity contribution in [3.05, 3.63) is 39.6 Å². The van der Waals surface area contributed by atoms with E-state index in [1.54, 1.807) is 6.07 Å². The molecule has 15 heavy (non-hydrogen) atoms. The minimum absolute atomic E-state index is 0. The summed E-state index contributed by atoms with van der Waals surface area (Å²) >= 11 is 0. The Bertz CT molecular complexity index is 344. The summed E-state index contributed by atoms with van der Waals surface area (Å²) in [5, 5.41) is 13.4. The largest absolute Gasteiger partial charge is 0.676 e. The molecule has 0 aliphatic rings. The molecular formula is C9H12AcN3O2-. The predicted molar refractivity (Wildman–Crippen MR) is 55.5 cm³/mol. The number of aryl methyl sites for hydroxylation is 1. The maximum atomic E-state index is 10.5. The van der Waals surface area contributed by atoms with Crippen LogP contribution in [-0.4, -0.2) is 18.0 Å². The number of rotatable bonds is 4. The van der Waals surface area contributed by atoms with Gasteiger partial charge in [0, 0.05) is 61.9 Å². The third kappa shape index (κ3) is 4.46. The van der Waals surface area contributed by atoms with Crippen LogP contribution in [0.25, 0.3) is 5.73 Å². The van der Waals surface area contributed by atoms with Gasteiger partial charge in [-0.25, -0.2) is 0 Å². The summed E-state index contributed by atoms with van der Waals surface area (Å²) in [5.41, 5.74) is 8.71. The van der Waals surface area contributed by atoms with Crippen LogP contribution in [0.15, 0.2) is 18.2 Å². The minimum atomic E-state index is -0.425. The van der Waals surface area contributed by atoms with Crippen molar-refractivity contribution in [3.8, 4) is 0 Å². The molecule has 2 N–H and O–H groups in total. The van der Waals surface area contributed by atoms with Crippen LogP contribution in [0.1, 0.15) is 5.56 Å². The summed E-state index contributed by atoms with van der Waals surface area (Å²) in [7, 11) is 0. The molecule has 0 aliphatic carbocycles.